The molecule has 1 aliphatic rings. The van der Waals surface area contributed by atoms with Gasteiger partial charge in [0.15, 0.2) is 0 Å². The van der Waals surface area contributed by atoms with Gasteiger partial charge in [0.05, 0.1) is 25.0 Å². The lowest BCUT2D eigenvalue weighted by molar-refractivity contribution is -0.155. The first-order chi connectivity index (χ1) is 16.7. The SMILES string of the molecule is CCCCCCCCCCCCCOC(=O)C1CCCC(C(=O)OCCCCCCCCC)C1. The van der Waals surface area contributed by atoms with Crippen molar-refractivity contribution >= 4 is 11.9 Å². The molecule has 0 aromatic carbocycles. The van der Waals surface area contributed by atoms with Gasteiger partial charge in [0.25, 0.3) is 0 Å². The quantitative estimate of drug-likeness (QED) is 0.115. The summed E-state index contributed by atoms with van der Waals surface area (Å²) in [5.41, 5.74) is 0. The number of ether oxygens (including phenoxy) is 2. The normalized spacial score (nSPS) is 18.1. The molecule has 200 valence electrons. The highest BCUT2D eigenvalue weighted by atomic mass is 16.5. The first-order valence-electron chi connectivity index (χ1n) is 15.0. The maximum Gasteiger partial charge on any atom is 0.308 e. The van der Waals surface area contributed by atoms with E-state index in [-0.39, 0.29) is 23.8 Å². The molecule has 0 heterocycles. The van der Waals surface area contributed by atoms with Crippen LogP contribution in [0, 0.1) is 11.8 Å². The minimum absolute atomic E-state index is 0.100. The standard InChI is InChI=1S/C30H56O4/c1-3-5-7-9-11-12-13-14-16-18-20-25-34-30(32)28-23-21-22-27(26-28)29(31)33-24-19-17-15-10-8-6-4-2/h27-28H,3-26H2,1-2H3. The molecule has 2 atom stereocenters. The molecule has 0 spiro atoms. The van der Waals surface area contributed by atoms with E-state index in [9.17, 15) is 9.59 Å². The van der Waals surface area contributed by atoms with E-state index < -0.39 is 0 Å². The van der Waals surface area contributed by atoms with E-state index in [1.54, 1.807) is 0 Å². The Morgan fingerprint density at radius 1 is 0.529 bits per heavy atom. The fraction of sp³-hybridized carbons (Fsp3) is 0.933. The van der Waals surface area contributed by atoms with Crippen LogP contribution in [0.15, 0.2) is 0 Å². The van der Waals surface area contributed by atoms with Gasteiger partial charge in [-0.3, -0.25) is 9.59 Å². The average molecular weight is 481 g/mol. The average Bonchev–Trinajstić information content (AvgIpc) is 2.86. The highest BCUT2D eigenvalue weighted by Crippen LogP contribution is 2.31. The van der Waals surface area contributed by atoms with Crippen molar-refractivity contribution in [2.75, 3.05) is 13.2 Å². The van der Waals surface area contributed by atoms with Gasteiger partial charge in [0.1, 0.15) is 0 Å². The molecule has 34 heavy (non-hydrogen) atoms. The third-order valence-corrected chi connectivity index (χ3v) is 7.33. The van der Waals surface area contributed by atoms with Crippen LogP contribution in [-0.4, -0.2) is 25.2 Å². The fourth-order valence-electron chi connectivity index (χ4n) is 5.02. The Morgan fingerprint density at radius 2 is 0.853 bits per heavy atom. The van der Waals surface area contributed by atoms with Gasteiger partial charge in [-0.05, 0) is 32.1 Å². The van der Waals surface area contributed by atoms with E-state index in [1.807, 2.05) is 0 Å². The van der Waals surface area contributed by atoms with E-state index in [1.165, 1.54) is 89.9 Å². The van der Waals surface area contributed by atoms with Crippen LogP contribution in [0.25, 0.3) is 0 Å². The molecule has 0 aromatic heterocycles. The van der Waals surface area contributed by atoms with Gasteiger partial charge in [0.2, 0.25) is 0 Å². The van der Waals surface area contributed by atoms with E-state index in [0.717, 1.165) is 44.9 Å². The van der Waals surface area contributed by atoms with Gasteiger partial charge < -0.3 is 9.47 Å². The van der Waals surface area contributed by atoms with E-state index in [0.29, 0.717) is 19.6 Å². The first-order valence-corrected chi connectivity index (χ1v) is 15.0. The number of hydrogen-bond acceptors (Lipinski definition) is 4. The lowest BCUT2D eigenvalue weighted by Gasteiger charge is -2.26. The van der Waals surface area contributed by atoms with E-state index in [4.69, 9.17) is 9.47 Å². The van der Waals surface area contributed by atoms with Crippen molar-refractivity contribution in [1.82, 2.24) is 0 Å². The molecule has 0 saturated heterocycles. The number of hydrogen-bond donors (Lipinski definition) is 0. The Morgan fingerprint density at radius 3 is 1.21 bits per heavy atom. The summed E-state index contributed by atoms with van der Waals surface area (Å²) in [5.74, 6) is -0.457. The molecule has 0 radical (unpaired) electrons. The number of rotatable bonds is 22. The largest absolute Gasteiger partial charge is 0.465 e. The molecule has 0 aliphatic heterocycles. The Bertz CT molecular complexity index is 490. The minimum Gasteiger partial charge on any atom is -0.465 e. The van der Waals surface area contributed by atoms with Crippen molar-refractivity contribution in [3.05, 3.63) is 0 Å². The van der Waals surface area contributed by atoms with Crippen LogP contribution in [0.5, 0.6) is 0 Å². The third kappa shape index (κ3) is 16.5. The second-order valence-electron chi connectivity index (χ2n) is 10.6. The van der Waals surface area contributed by atoms with Crippen molar-refractivity contribution in [3.63, 3.8) is 0 Å². The second-order valence-corrected chi connectivity index (χ2v) is 10.6. The van der Waals surface area contributed by atoms with E-state index in [2.05, 4.69) is 13.8 Å². The van der Waals surface area contributed by atoms with Crippen LogP contribution in [0.2, 0.25) is 0 Å². The Labute approximate surface area is 211 Å². The lowest BCUT2D eigenvalue weighted by atomic mass is 9.81. The number of unbranched alkanes of at least 4 members (excludes halogenated alkanes) is 16. The Hall–Kier alpha value is -1.06. The summed E-state index contributed by atoms with van der Waals surface area (Å²) in [5, 5.41) is 0. The van der Waals surface area contributed by atoms with Crippen LogP contribution >= 0.6 is 0 Å². The molecule has 0 aromatic rings. The van der Waals surface area contributed by atoms with Gasteiger partial charge in [-0.2, -0.15) is 0 Å². The smallest absolute Gasteiger partial charge is 0.308 e. The third-order valence-electron chi connectivity index (χ3n) is 7.33. The Kier molecular flexibility index (Phi) is 20.4. The molecule has 1 saturated carbocycles. The summed E-state index contributed by atoms with van der Waals surface area (Å²) >= 11 is 0. The van der Waals surface area contributed by atoms with Crippen LogP contribution in [-0.2, 0) is 19.1 Å². The summed E-state index contributed by atoms with van der Waals surface area (Å²) in [7, 11) is 0. The second kappa shape index (κ2) is 22.4. The number of carbonyl (C=O) groups is 2. The van der Waals surface area contributed by atoms with Gasteiger partial charge in [-0.15, -0.1) is 0 Å². The molecule has 0 N–H and O–H groups in total. The fourth-order valence-corrected chi connectivity index (χ4v) is 5.02. The van der Waals surface area contributed by atoms with Gasteiger partial charge >= 0.3 is 11.9 Å². The van der Waals surface area contributed by atoms with Gasteiger partial charge in [-0.25, -0.2) is 0 Å². The van der Waals surface area contributed by atoms with Gasteiger partial charge in [0, 0.05) is 0 Å². The molecular formula is C30H56O4. The van der Waals surface area contributed by atoms with Crippen LogP contribution in [0.4, 0.5) is 0 Å². The van der Waals surface area contributed by atoms with Crippen molar-refractivity contribution < 1.29 is 19.1 Å². The zero-order chi connectivity index (χ0) is 24.7. The molecule has 1 fully saturated rings. The van der Waals surface area contributed by atoms with Crippen LogP contribution < -0.4 is 0 Å². The zero-order valence-corrected chi connectivity index (χ0v) is 22.8. The molecule has 4 nitrogen and oxygen atoms in total. The summed E-state index contributed by atoms with van der Waals surface area (Å²) in [6.45, 7) is 5.55. The minimum atomic E-state index is -0.127. The highest BCUT2D eigenvalue weighted by molar-refractivity contribution is 5.76. The predicted octanol–water partition coefficient (Wildman–Crippen LogP) is 8.94. The maximum atomic E-state index is 12.5. The molecule has 2 unspecified atom stereocenters. The summed E-state index contributed by atoms with van der Waals surface area (Å²) in [6, 6.07) is 0. The number of carbonyl (C=O) groups excluding carboxylic acids is 2. The van der Waals surface area contributed by atoms with Crippen LogP contribution in [0.1, 0.15) is 155 Å². The number of esters is 2. The zero-order valence-electron chi connectivity index (χ0n) is 22.8. The Balaban J connectivity index is 2.01. The van der Waals surface area contributed by atoms with Crippen LogP contribution in [0.3, 0.4) is 0 Å². The van der Waals surface area contributed by atoms with Crippen molar-refractivity contribution in [1.29, 1.82) is 0 Å². The topological polar surface area (TPSA) is 52.6 Å². The van der Waals surface area contributed by atoms with Gasteiger partial charge in [-0.1, -0.05) is 123 Å². The summed E-state index contributed by atoms with van der Waals surface area (Å²) < 4.78 is 11.1. The lowest BCUT2D eigenvalue weighted by Crippen LogP contribution is -2.30. The predicted molar refractivity (Wildman–Crippen MR) is 142 cm³/mol. The summed E-state index contributed by atoms with van der Waals surface area (Å²) in [4.78, 5) is 24.9. The van der Waals surface area contributed by atoms with Crippen molar-refractivity contribution in [3.8, 4) is 0 Å². The molecular weight excluding hydrogens is 424 g/mol. The molecule has 1 rings (SSSR count). The molecule has 1 aliphatic carbocycles. The molecule has 0 amide bonds. The van der Waals surface area contributed by atoms with Crippen molar-refractivity contribution in [2.45, 2.75) is 155 Å². The molecule has 4 heteroatoms. The van der Waals surface area contributed by atoms with E-state index >= 15 is 0 Å². The monoisotopic (exact) mass is 480 g/mol. The van der Waals surface area contributed by atoms with Crippen molar-refractivity contribution in [2.24, 2.45) is 11.8 Å². The summed E-state index contributed by atoms with van der Waals surface area (Å²) in [6.07, 6.45) is 25.9. The highest BCUT2D eigenvalue weighted by Gasteiger charge is 2.32. The molecule has 0 bridgehead atoms. The maximum absolute atomic E-state index is 12.5. The first kappa shape index (κ1) is 31.0.